The third-order valence-electron chi connectivity index (χ3n) is 5.13. The largest absolute Gasteiger partial charge is 0.497 e. The number of carbonyl (C=O) groups excluding carboxylic acids is 1. The molecule has 2 bridgehead atoms. The smallest absolute Gasteiger partial charge is 0.197 e. The summed E-state index contributed by atoms with van der Waals surface area (Å²) in [5.41, 5.74) is 1.34. The summed E-state index contributed by atoms with van der Waals surface area (Å²) in [6.07, 6.45) is 4.41. The van der Waals surface area contributed by atoms with Gasteiger partial charge < -0.3 is 19.3 Å². The first kappa shape index (κ1) is 14.6. The number of Topliss-reactive ketones (excluding diaryl/α,β-unsaturated/α-hetero) is 1. The van der Waals surface area contributed by atoms with Gasteiger partial charge in [0.25, 0.3) is 0 Å². The Morgan fingerprint density at radius 2 is 2.04 bits per heavy atom. The average Bonchev–Trinajstić information content (AvgIpc) is 2.91. The minimum absolute atomic E-state index is 0.0595. The molecule has 23 heavy (non-hydrogen) atoms. The fourth-order valence-corrected chi connectivity index (χ4v) is 3.71. The van der Waals surface area contributed by atoms with E-state index in [0.29, 0.717) is 29.7 Å². The van der Waals surface area contributed by atoms with Crippen LogP contribution in [-0.2, 0) is 0 Å². The molecule has 0 spiro atoms. The third kappa shape index (κ3) is 2.70. The Morgan fingerprint density at radius 3 is 2.83 bits per heavy atom. The van der Waals surface area contributed by atoms with Crippen LogP contribution in [0, 0.1) is 0 Å². The van der Waals surface area contributed by atoms with Gasteiger partial charge in [-0.15, -0.1) is 0 Å². The van der Waals surface area contributed by atoms with Crippen LogP contribution in [0.3, 0.4) is 0 Å². The number of hydrogen-bond donors (Lipinski definition) is 0. The summed E-state index contributed by atoms with van der Waals surface area (Å²) in [6.45, 7) is 4.78. The molecule has 0 unspecified atom stereocenters. The molecule has 5 heteroatoms. The summed E-state index contributed by atoms with van der Waals surface area (Å²) < 4.78 is 11.0. The number of ether oxygens (including phenoxy) is 2. The minimum Gasteiger partial charge on any atom is -0.497 e. The molecule has 4 aliphatic heterocycles. The molecule has 4 heterocycles. The van der Waals surface area contributed by atoms with E-state index in [4.69, 9.17) is 9.47 Å². The zero-order chi connectivity index (χ0) is 15.8. The molecule has 4 aliphatic rings. The molecule has 0 saturated carbocycles. The first-order valence-electron chi connectivity index (χ1n) is 8.29. The summed E-state index contributed by atoms with van der Waals surface area (Å²) >= 11 is 0. The van der Waals surface area contributed by atoms with Gasteiger partial charge in [0.2, 0.25) is 0 Å². The summed E-state index contributed by atoms with van der Waals surface area (Å²) in [6, 6.07) is 5.96. The van der Waals surface area contributed by atoms with Crippen molar-refractivity contribution in [2.45, 2.75) is 18.9 Å². The quantitative estimate of drug-likeness (QED) is 0.780. The van der Waals surface area contributed by atoms with Crippen LogP contribution < -0.4 is 9.47 Å². The number of fused-ring (bicyclic) bond motifs is 5. The molecular formula is C18H22N2O3. The second kappa shape index (κ2) is 5.89. The average molecular weight is 314 g/mol. The molecule has 1 aromatic rings. The minimum atomic E-state index is 0.0595. The molecular weight excluding hydrogens is 292 g/mol. The number of nitrogens with zero attached hydrogens (tertiary/aromatic N) is 2. The van der Waals surface area contributed by atoms with Crippen molar-refractivity contribution in [2.75, 3.05) is 39.9 Å². The van der Waals surface area contributed by atoms with Gasteiger partial charge in [-0.1, -0.05) is 0 Å². The second-order valence-electron chi connectivity index (χ2n) is 6.44. The van der Waals surface area contributed by atoms with E-state index in [-0.39, 0.29) is 5.78 Å². The predicted molar refractivity (Wildman–Crippen MR) is 87.1 cm³/mol. The van der Waals surface area contributed by atoms with Crippen LogP contribution in [0.2, 0.25) is 0 Å². The van der Waals surface area contributed by atoms with Gasteiger partial charge in [-0.05, 0) is 31.0 Å². The van der Waals surface area contributed by atoms with Crippen LogP contribution in [-0.4, -0.2) is 61.5 Å². The molecule has 0 amide bonds. The highest BCUT2D eigenvalue weighted by Crippen LogP contribution is 2.31. The Kier molecular flexibility index (Phi) is 3.73. The highest BCUT2D eigenvalue weighted by molar-refractivity contribution is 6.11. The van der Waals surface area contributed by atoms with Crippen molar-refractivity contribution in [3.05, 3.63) is 35.5 Å². The fraction of sp³-hybridized carbons (Fsp3) is 0.500. The fourth-order valence-electron chi connectivity index (χ4n) is 3.71. The number of ketones is 1. The van der Waals surface area contributed by atoms with Crippen LogP contribution in [0.5, 0.6) is 11.5 Å². The van der Waals surface area contributed by atoms with Gasteiger partial charge in [0.15, 0.2) is 5.78 Å². The highest BCUT2D eigenvalue weighted by Gasteiger charge is 2.30. The molecule has 0 radical (unpaired) electrons. The number of piperidine rings is 1. The van der Waals surface area contributed by atoms with Crippen molar-refractivity contribution < 1.29 is 14.3 Å². The lowest BCUT2D eigenvalue weighted by atomic mass is 10.00. The van der Waals surface area contributed by atoms with Crippen molar-refractivity contribution >= 4 is 5.78 Å². The molecule has 3 fully saturated rings. The maximum Gasteiger partial charge on any atom is 0.197 e. The second-order valence-corrected chi connectivity index (χ2v) is 6.44. The van der Waals surface area contributed by atoms with Crippen LogP contribution in [0.1, 0.15) is 23.2 Å². The number of rotatable bonds is 2. The number of hydrogen-bond acceptors (Lipinski definition) is 5. The van der Waals surface area contributed by atoms with Crippen molar-refractivity contribution in [1.29, 1.82) is 0 Å². The number of methoxy groups -OCH3 is 1. The van der Waals surface area contributed by atoms with E-state index in [1.807, 2.05) is 18.3 Å². The Labute approximate surface area is 136 Å². The van der Waals surface area contributed by atoms with E-state index in [0.717, 1.165) is 18.7 Å². The van der Waals surface area contributed by atoms with Crippen LogP contribution in [0.25, 0.3) is 0 Å². The van der Waals surface area contributed by atoms with E-state index >= 15 is 0 Å². The van der Waals surface area contributed by atoms with Crippen molar-refractivity contribution in [2.24, 2.45) is 0 Å². The van der Waals surface area contributed by atoms with Crippen LogP contribution in [0.15, 0.2) is 30.0 Å². The molecule has 3 saturated heterocycles. The van der Waals surface area contributed by atoms with Gasteiger partial charge in [-0.3, -0.25) is 4.79 Å². The normalized spacial score (nSPS) is 28.3. The van der Waals surface area contributed by atoms with Crippen molar-refractivity contribution in [3.63, 3.8) is 0 Å². The lowest BCUT2D eigenvalue weighted by molar-refractivity contribution is 0.0994. The zero-order valence-electron chi connectivity index (χ0n) is 13.5. The Balaban J connectivity index is 1.61. The van der Waals surface area contributed by atoms with Gasteiger partial charge >= 0.3 is 0 Å². The lowest BCUT2D eigenvalue weighted by Gasteiger charge is -2.31. The van der Waals surface area contributed by atoms with Crippen molar-refractivity contribution in [1.82, 2.24) is 9.80 Å². The van der Waals surface area contributed by atoms with Crippen LogP contribution >= 0.6 is 0 Å². The summed E-state index contributed by atoms with van der Waals surface area (Å²) in [5.74, 6) is 1.39. The molecule has 0 aromatic heterocycles. The SMILES string of the molecule is COc1ccc2c(c1)C(=O)/C(=C/N1CCN3CCC1CC3)CO2. The maximum absolute atomic E-state index is 12.8. The molecule has 0 aliphatic carbocycles. The van der Waals surface area contributed by atoms with Crippen molar-refractivity contribution in [3.8, 4) is 11.5 Å². The zero-order valence-corrected chi connectivity index (χ0v) is 13.5. The van der Waals surface area contributed by atoms with E-state index < -0.39 is 0 Å². The van der Waals surface area contributed by atoms with E-state index in [1.54, 1.807) is 13.2 Å². The lowest BCUT2D eigenvalue weighted by Crippen LogP contribution is -2.36. The topological polar surface area (TPSA) is 42.0 Å². The number of carbonyl (C=O) groups is 1. The van der Waals surface area contributed by atoms with Gasteiger partial charge in [-0.25, -0.2) is 0 Å². The third-order valence-corrected chi connectivity index (χ3v) is 5.13. The predicted octanol–water partition coefficient (Wildman–Crippen LogP) is 1.93. The van der Waals surface area contributed by atoms with E-state index in [9.17, 15) is 4.79 Å². The summed E-state index contributed by atoms with van der Waals surface area (Å²) in [5, 5.41) is 0. The summed E-state index contributed by atoms with van der Waals surface area (Å²) in [4.78, 5) is 17.7. The number of benzene rings is 1. The van der Waals surface area contributed by atoms with Gasteiger partial charge in [0.1, 0.15) is 18.1 Å². The highest BCUT2D eigenvalue weighted by atomic mass is 16.5. The Hall–Kier alpha value is -2.01. The molecule has 0 atom stereocenters. The monoisotopic (exact) mass is 314 g/mol. The molecule has 5 nitrogen and oxygen atoms in total. The van der Waals surface area contributed by atoms with Gasteiger partial charge in [0, 0.05) is 38.4 Å². The Bertz CT molecular complexity index is 648. The molecule has 1 aromatic carbocycles. The summed E-state index contributed by atoms with van der Waals surface area (Å²) in [7, 11) is 1.61. The molecule has 0 N–H and O–H groups in total. The first-order valence-corrected chi connectivity index (χ1v) is 8.29. The van der Waals surface area contributed by atoms with Crippen LogP contribution in [0.4, 0.5) is 0 Å². The standard InChI is InChI=1S/C18H22N2O3/c1-22-15-2-3-17-16(10-15)18(21)13(12-23-17)11-20-9-8-19-6-4-14(20)5-7-19/h2-3,10-11,14H,4-9,12H2,1H3/b13-11+. The maximum atomic E-state index is 12.8. The Morgan fingerprint density at radius 1 is 1.22 bits per heavy atom. The van der Waals surface area contributed by atoms with E-state index in [2.05, 4.69) is 9.80 Å². The van der Waals surface area contributed by atoms with E-state index in [1.165, 1.54) is 25.9 Å². The molecule has 5 rings (SSSR count). The first-order chi connectivity index (χ1) is 11.2. The van der Waals surface area contributed by atoms with Gasteiger partial charge in [-0.2, -0.15) is 0 Å². The van der Waals surface area contributed by atoms with Gasteiger partial charge in [0.05, 0.1) is 18.2 Å². The molecule has 122 valence electrons.